The molecule has 0 unspecified atom stereocenters. The number of Topliss-reactive ketones (excluding diaryl/α,β-unsaturated/α-hetero) is 2. The number of halogens is 2. The van der Waals surface area contributed by atoms with Crippen molar-refractivity contribution in [3.8, 4) is 0 Å². The molecule has 0 bridgehead atoms. The zero-order chi connectivity index (χ0) is 26.1. The van der Waals surface area contributed by atoms with E-state index in [1.807, 2.05) is 0 Å². The van der Waals surface area contributed by atoms with Gasteiger partial charge in [-0.1, -0.05) is 56.1 Å². The Morgan fingerprint density at radius 3 is 1.64 bits per heavy atom. The van der Waals surface area contributed by atoms with Crippen LogP contribution in [0.1, 0.15) is 33.6 Å². The van der Waals surface area contributed by atoms with Crippen LogP contribution in [0.25, 0.3) is 0 Å². The molecule has 0 amide bonds. The van der Waals surface area contributed by atoms with Gasteiger partial charge in [0, 0.05) is 43.6 Å². The predicted octanol–water partition coefficient (Wildman–Crippen LogP) is 3.04. The molecule has 2 saturated heterocycles. The van der Waals surface area contributed by atoms with E-state index in [1.165, 1.54) is 57.1 Å². The lowest BCUT2D eigenvalue weighted by Crippen LogP contribution is -2.55. The van der Waals surface area contributed by atoms with Crippen LogP contribution < -0.4 is 0 Å². The summed E-state index contributed by atoms with van der Waals surface area (Å²) >= 11 is 6.20. The summed E-state index contributed by atoms with van der Waals surface area (Å²) < 4.78 is 61.8. The second kappa shape index (κ2) is 10.7. The first-order chi connectivity index (χ1) is 17.0. The number of rotatable bonds is 8. The molecule has 0 aromatic heterocycles. The molecule has 0 radical (unpaired) electrons. The van der Waals surface area contributed by atoms with Crippen molar-refractivity contribution in [1.29, 1.82) is 0 Å². The first-order valence-corrected chi connectivity index (χ1v) is 16.2. The molecule has 2 fully saturated rings. The minimum Gasteiger partial charge on any atom is -0.358 e. The molecule has 0 atom stereocenters. The second-order valence-corrected chi connectivity index (χ2v) is 13.4. The maximum atomic E-state index is 13.5. The number of carbonyl (C=O) groups is 2. The number of ketones is 2. The van der Waals surface area contributed by atoms with Gasteiger partial charge in [-0.05, 0) is 24.3 Å². The van der Waals surface area contributed by atoms with E-state index < -0.39 is 25.8 Å². The van der Waals surface area contributed by atoms with Crippen molar-refractivity contribution in [1.82, 2.24) is 8.61 Å². The maximum absolute atomic E-state index is 13.5. The molecule has 9 nitrogen and oxygen atoms in total. The number of alkyl halides is 2. The Hall–Kier alpha value is -1.48. The largest absolute Gasteiger partial charge is 0.358 e. The summed E-state index contributed by atoms with van der Waals surface area (Å²) in [6.07, 6.45) is 0.345. The monoisotopic (exact) mass is 662 g/mol. The molecule has 2 aromatic carbocycles. The number of nitrogens with zero attached hydrogens (tertiary/aromatic N) is 2. The molecule has 13 heteroatoms. The van der Waals surface area contributed by atoms with Gasteiger partial charge in [0.2, 0.25) is 20.0 Å². The summed E-state index contributed by atoms with van der Waals surface area (Å²) in [7, 11) is -7.76. The molecular weight excluding hydrogens is 640 g/mol. The molecule has 0 aliphatic carbocycles. The van der Waals surface area contributed by atoms with Crippen LogP contribution in [0.2, 0.25) is 0 Å². The highest BCUT2D eigenvalue weighted by molar-refractivity contribution is 9.09. The quantitative estimate of drug-likeness (QED) is 0.315. The third-order valence-corrected chi connectivity index (χ3v) is 11.3. The van der Waals surface area contributed by atoms with Gasteiger partial charge in [-0.2, -0.15) is 8.61 Å². The summed E-state index contributed by atoms with van der Waals surface area (Å²) in [6, 6.07) is 11.5. The van der Waals surface area contributed by atoms with E-state index in [0.29, 0.717) is 11.1 Å². The van der Waals surface area contributed by atoms with E-state index in [4.69, 9.17) is 4.74 Å². The molecule has 2 aliphatic heterocycles. The number of sulfonamides is 2. The van der Waals surface area contributed by atoms with E-state index in [1.54, 1.807) is 0 Å². The Labute approximate surface area is 227 Å². The first kappa shape index (κ1) is 27.6. The summed E-state index contributed by atoms with van der Waals surface area (Å²) in [5.74, 6) is -0.305. The molecular formula is C23H24Br2N2O7S2. The highest BCUT2D eigenvalue weighted by atomic mass is 79.9. The van der Waals surface area contributed by atoms with Crippen LogP contribution in [-0.4, -0.2) is 79.6 Å². The third-order valence-electron chi connectivity index (χ3n) is 6.44. The Balaban J connectivity index is 1.51. The van der Waals surface area contributed by atoms with Gasteiger partial charge >= 0.3 is 0 Å². The van der Waals surface area contributed by atoms with Gasteiger partial charge in [-0.3, -0.25) is 9.59 Å². The zero-order valence-electron chi connectivity index (χ0n) is 19.1. The minimum absolute atomic E-state index is 0.0478. The maximum Gasteiger partial charge on any atom is 0.245 e. The third kappa shape index (κ3) is 5.11. The van der Waals surface area contributed by atoms with Gasteiger partial charge in [0.25, 0.3) is 0 Å². The fraction of sp³-hybridized carbons (Fsp3) is 0.391. The minimum atomic E-state index is -3.93. The van der Waals surface area contributed by atoms with Crippen LogP contribution >= 0.6 is 31.9 Å². The lowest BCUT2D eigenvalue weighted by atomic mass is 10.0. The molecule has 2 aromatic rings. The Kier molecular flexibility index (Phi) is 8.20. The van der Waals surface area contributed by atoms with Crippen molar-refractivity contribution in [3.05, 3.63) is 59.7 Å². The lowest BCUT2D eigenvalue weighted by Gasteiger charge is -2.42. The number of ether oxygens (including phenoxy) is 1. The predicted molar refractivity (Wildman–Crippen MR) is 140 cm³/mol. The molecule has 194 valence electrons. The highest BCUT2D eigenvalue weighted by Gasteiger charge is 2.51. The van der Waals surface area contributed by atoms with E-state index in [9.17, 15) is 26.4 Å². The van der Waals surface area contributed by atoms with Crippen molar-refractivity contribution in [2.24, 2.45) is 0 Å². The van der Waals surface area contributed by atoms with E-state index in [2.05, 4.69) is 31.9 Å². The average Bonchev–Trinajstić information content (AvgIpc) is 3.31. The van der Waals surface area contributed by atoms with Crippen molar-refractivity contribution in [3.63, 3.8) is 0 Å². The van der Waals surface area contributed by atoms with Crippen LogP contribution in [-0.2, 0) is 24.8 Å². The molecule has 4 rings (SSSR count). The van der Waals surface area contributed by atoms with Crippen molar-refractivity contribution in [2.75, 3.05) is 36.9 Å². The van der Waals surface area contributed by atoms with Crippen molar-refractivity contribution >= 4 is 63.5 Å². The number of benzene rings is 2. The summed E-state index contributed by atoms with van der Waals surface area (Å²) in [5, 5.41) is 0.284. The Morgan fingerprint density at radius 1 is 0.750 bits per heavy atom. The van der Waals surface area contributed by atoms with E-state index >= 15 is 0 Å². The van der Waals surface area contributed by atoms with Crippen LogP contribution in [0.5, 0.6) is 0 Å². The molecule has 0 N–H and O–H groups in total. The number of hydrogen-bond acceptors (Lipinski definition) is 7. The van der Waals surface area contributed by atoms with Gasteiger partial charge < -0.3 is 4.74 Å². The van der Waals surface area contributed by atoms with Gasteiger partial charge in [-0.25, -0.2) is 16.8 Å². The topological polar surface area (TPSA) is 118 Å². The van der Waals surface area contributed by atoms with E-state index in [0.717, 1.165) is 0 Å². The fourth-order valence-corrected chi connectivity index (χ4v) is 8.27. The van der Waals surface area contributed by atoms with Gasteiger partial charge in [-0.15, -0.1) is 0 Å². The number of piperidine rings is 1. The van der Waals surface area contributed by atoms with Gasteiger partial charge in [0.1, 0.15) is 5.72 Å². The Bertz CT molecular complexity index is 1350. The van der Waals surface area contributed by atoms with Crippen LogP contribution in [0.3, 0.4) is 0 Å². The second-order valence-electron chi connectivity index (χ2n) is 8.44. The fourth-order valence-electron chi connectivity index (χ4n) is 4.46. The van der Waals surface area contributed by atoms with Gasteiger partial charge in [0.15, 0.2) is 11.6 Å². The van der Waals surface area contributed by atoms with Gasteiger partial charge in [0.05, 0.1) is 27.1 Å². The summed E-state index contributed by atoms with van der Waals surface area (Å²) in [4.78, 5) is 23.8. The van der Waals surface area contributed by atoms with Crippen LogP contribution in [0, 0.1) is 0 Å². The first-order valence-electron chi connectivity index (χ1n) is 11.1. The lowest BCUT2D eigenvalue weighted by molar-refractivity contribution is -0.0806. The normalized spacial score (nSPS) is 18.9. The van der Waals surface area contributed by atoms with Crippen LogP contribution in [0.15, 0.2) is 58.3 Å². The zero-order valence-corrected chi connectivity index (χ0v) is 23.9. The SMILES string of the molecule is O=C(CBr)c1ccc(S(=O)(=O)N2CCC3(CC2)OCCN3S(=O)(=O)c2ccc(C(=O)CBr)cc2)cc1. The summed E-state index contributed by atoms with van der Waals surface area (Å²) in [5.41, 5.74) is -0.323. The molecule has 1 spiro atoms. The summed E-state index contributed by atoms with van der Waals surface area (Å²) in [6.45, 7) is 0.514. The standard InChI is InChI=1S/C23H24Br2N2O7S2/c24-15-21(28)17-1-5-19(6-2-17)35(30,31)26-11-9-23(10-12-26)27(13-14-34-23)36(32,33)20-7-3-18(4-8-20)22(29)16-25/h1-8H,9-16H2. The average molecular weight is 664 g/mol. The smallest absolute Gasteiger partial charge is 0.245 e. The van der Waals surface area contributed by atoms with Crippen molar-refractivity contribution < 1.29 is 31.2 Å². The highest BCUT2D eigenvalue weighted by Crippen LogP contribution is 2.39. The molecule has 2 heterocycles. The number of carbonyl (C=O) groups excluding carboxylic acids is 2. The molecule has 36 heavy (non-hydrogen) atoms. The van der Waals surface area contributed by atoms with Crippen LogP contribution in [0.4, 0.5) is 0 Å². The van der Waals surface area contributed by atoms with E-state index in [-0.39, 0.29) is 71.1 Å². The van der Waals surface area contributed by atoms with Crippen molar-refractivity contribution in [2.45, 2.75) is 28.4 Å². The Morgan fingerprint density at radius 2 is 1.19 bits per heavy atom. The molecule has 0 saturated carbocycles. The molecule has 2 aliphatic rings. The number of hydrogen-bond donors (Lipinski definition) is 0.